The summed E-state index contributed by atoms with van der Waals surface area (Å²) in [6, 6.07) is 13.0. The fourth-order valence-corrected chi connectivity index (χ4v) is 4.43. The zero-order valence-electron chi connectivity index (χ0n) is 14.4. The van der Waals surface area contributed by atoms with Gasteiger partial charge in [0.05, 0.1) is 20.0 Å². The molecular weight excluding hydrogens is 287 g/mol. The highest BCUT2D eigenvalue weighted by molar-refractivity contribution is 6.80. The zero-order valence-corrected chi connectivity index (χ0v) is 15.6. The Labute approximate surface area is 135 Å². The molecule has 3 rings (SSSR count). The molecule has 0 bridgehead atoms. The van der Waals surface area contributed by atoms with E-state index in [1.165, 1.54) is 21.4 Å². The van der Waals surface area contributed by atoms with E-state index in [4.69, 9.17) is 9.31 Å². The van der Waals surface area contributed by atoms with Gasteiger partial charge in [-0.1, -0.05) is 54.7 Å². The SMILES string of the molecule is C[SiH](C)c1ccc2ccccc2c1B1OC(C)(C)C(C)(C)O1. The van der Waals surface area contributed by atoms with Crippen LogP contribution < -0.4 is 10.6 Å². The van der Waals surface area contributed by atoms with Crippen molar-refractivity contribution in [2.24, 2.45) is 0 Å². The van der Waals surface area contributed by atoms with Gasteiger partial charge in [0.1, 0.15) is 0 Å². The molecule has 0 saturated carbocycles. The van der Waals surface area contributed by atoms with E-state index >= 15 is 0 Å². The van der Waals surface area contributed by atoms with Gasteiger partial charge >= 0.3 is 7.12 Å². The lowest BCUT2D eigenvalue weighted by atomic mass is 9.76. The van der Waals surface area contributed by atoms with Gasteiger partial charge in [0.2, 0.25) is 0 Å². The Hall–Kier alpha value is -1.10. The summed E-state index contributed by atoms with van der Waals surface area (Å²) >= 11 is 0. The van der Waals surface area contributed by atoms with Crippen LogP contribution in [-0.4, -0.2) is 27.1 Å². The van der Waals surface area contributed by atoms with E-state index in [1.54, 1.807) is 0 Å². The van der Waals surface area contributed by atoms with Crippen molar-refractivity contribution in [3.8, 4) is 0 Å². The van der Waals surface area contributed by atoms with Gasteiger partial charge in [0.25, 0.3) is 0 Å². The summed E-state index contributed by atoms with van der Waals surface area (Å²) in [6.07, 6.45) is 0. The average molecular weight is 312 g/mol. The van der Waals surface area contributed by atoms with Crippen LogP contribution in [0.15, 0.2) is 36.4 Å². The molecule has 0 spiro atoms. The third-order valence-corrected chi connectivity index (χ3v) is 6.86. The van der Waals surface area contributed by atoms with Crippen molar-refractivity contribution in [3.05, 3.63) is 36.4 Å². The van der Waals surface area contributed by atoms with Crippen LogP contribution in [0.5, 0.6) is 0 Å². The predicted molar refractivity (Wildman–Crippen MR) is 98.2 cm³/mol. The molecule has 1 aliphatic heterocycles. The van der Waals surface area contributed by atoms with Crippen LogP contribution in [0, 0.1) is 0 Å². The van der Waals surface area contributed by atoms with Crippen molar-refractivity contribution in [3.63, 3.8) is 0 Å². The van der Waals surface area contributed by atoms with Crippen molar-refractivity contribution in [1.29, 1.82) is 0 Å². The molecule has 22 heavy (non-hydrogen) atoms. The van der Waals surface area contributed by atoms with Crippen LogP contribution in [0.1, 0.15) is 27.7 Å². The molecule has 1 fully saturated rings. The molecule has 0 N–H and O–H groups in total. The highest BCUT2D eigenvalue weighted by Crippen LogP contribution is 2.36. The molecule has 0 atom stereocenters. The van der Waals surface area contributed by atoms with E-state index in [9.17, 15) is 0 Å². The Kier molecular flexibility index (Phi) is 3.75. The van der Waals surface area contributed by atoms with E-state index in [0.717, 1.165) is 0 Å². The smallest absolute Gasteiger partial charge is 0.399 e. The van der Waals surface area contributed by atoms with Gasteiger partial charge in [-0.3, -0.25) is 0 Å². The number of hydrogen-bond acceptors (Lipinski definition) is 2. The Morgan fingerprint density at radius 1 is 0.864 bits per heavy atom. The molecule has 1 saturated heterocycles. The molecule has 2 aromatic rings. The van der Waals surface area contributed by atoms with Crippen LogP contribution in [0.3, 0.4) is 0 Å². The summed E-state index contributed by atoms with van der Waals surface area (Å²) in [7, 11) is -1.25. The number of benzene rings is 2. The highest BCUT2D eigenvalue weighted by Gasteiger charge is 2.52. The van der Waals surface area contributed by atoms with E-state index in [0.29, 0.717) is 0 Å². The van der Waals surface area contributed by atoms with E-state index in [1.807, 2.05) is 0 Å². The molecule has 1 heterocycles. The maximum Gasteiger partial charge on any atom is 0.495 e. The van der Waals surface area contributed by atoms with Gasteiger partial charge in [0, 0.05) is 0 Å². The Morgan fingerprint density at radius 2 is 1.45 bits per heavy atom. The monoisotopic (exact) mass is 312 g/mol. The Morgan fingerprint density at radius 3 is 2.05 bits per heavy atom. The van der Waals surface area contributed by atoms with Gasteiger partial charge in [-0.2, -0.15) is 0 Å². The summed E-state index contributed by atoms with van der Waals surface area (Å²) in [5.74, 6) is 0. The Bertz CT molecular complexity index is 693. The fourth-order valence-electron chi connectivity index (χ4n) is 3.04. The zero-order chi connectivity index (χ0) is 16.1. The van der Waals surface area contributed by atoms with Gasteiger partial charge in [-0.25, -0.2) is 0 Å². The molecule has 0 aliphatic carbocycles. The largest absolute Gasteiger partial charge is 0.495 e. The molecule has 0 amide bonds. The summed E-state index contributed by atoms with van der Waals surface area (Å²) in [6.45, 7) is 13.2. The van der Waals surface area contributed by atoms with Crippen LogP contribution >= 0.6 is 0 Å². The van der Waals surface area contributed by atoms with Gasteiger partial charge < -0.3 is 9.31 Å². The van der Waals surface area contributed by atoms with Crippen molar-refractivity contribution in [2.75, 3.05) is 0 Å². The van der Waals surface area contributed by atoms with Gasteiger partial charge in [-0.15, -0.1) is 0 Å². The lowest BCUT2D eigenvalue weighted by Gasteiger charge is -2.32. The van der Waals surface area contributed by atoms with Crippen LogP contribution in [-0.2, 0) is 9.31 Å². The summed E-state index contributed by atoms with van der Waals surface area (Å²) in [4.78, 5) is 0. The lowest BCUT2D eigenvalue weighted by Crippen LogP contribution is -2.48. The number of hydrogen-bond donors (Lipinski definition) is 0. The fraction of sp³-hybridized carbons (Fsp3) is 0.444. The quantitative estimate of drug-likeness (QED) is 0.794. The van der Waals surface area contributed by atoms with E-state index < -0.39 is 8.80 Å². The standard InChI is InChI=1S/C18H25BO2Si/c1-17(2)18(3,4)21-19(20-17)16-14-10-8-7-9-13(14)11-12-15(16)22(5)6/h7-12,22H,1-6H3. The third kappa shape index (κ3) is 2.43. The highest BCUT2D eigenvalue weighted by atomic mass is 28.3. The second-order valence-corrected chi connectivity index (χ2v) is 10.5. The van der Waals surface area contributed by atoms with Crippen LogP contribution in [0.4, 0.5) is 0 Å². The second kappa shape index (κ2) is 5.22. The van der Waals surface area contributed by atoms with E-state index in [-0.39, 0.29) is 18.3 Å². The third-order valence-electron chi connectivity index (χ3n) is 5.12. The first-order valence-corrected chi connectivity index (χ1v) is 11.0. The molecule has 2 nitrogen and oxygen atoms in total. The van der Waals surface area contributed by atoms with Crippen molar-refractivity contribution >= 4 is 37.3 Å². The first-order valence-electron chi connectivity index (χ1n) is 8.10. The predicted octanol–water partition coefficient (Wildman–Crippen LogP) is 2.83. The lowest BCUT2D eigenvalue weighted by molar-refractivity contribution is 0.00578. The van der Waals surface area contributed by atoms with Crippen LogP contribution in [0.2, 0.25) is 13.1 Å². The maximum atomic E-state index is 6.35. The minimum absolute atomic E-state index is 0.277. The van der Waals surface area contributed by atoms with Crippen LogP contribution in [0.25, 0.3) is 10.8 Å². The first kappa shape index (κ1) is 15.8. The molecule has 2 aromatic carbocycles. The number of rotatable bonds is 2. The van der Waals surface area contributed by atoms with Crippen molar-refractivity contribution in [1.82, 2.24) is 0 Å². The topological polar surface area (TPSA) is 18.5 Å². The normalized spacial score (nSPS) is 20.0. The molecule has 116 valence electrons. The molecule has 1 aliphatic rings. The minimum atomic E-state index is -0.978. The van der Waals surface area contributed by atoms with Gasteiger partial charge in [0.15, 0.2) is 0 Å². The second-order valence-electron chi connectivity index (χ2n) is 7.53. The summed E-state index contributed by atoms with van der Waals surface area (Å²) < 4.78 is 12.7. The molecular formula is C18H25BO2Si. The van der Waals surface area contributed by atoms with Crippen molar-refractivity contribution < 1.29 is 9.31 Å². The average Bonchev–Trinajstić information content (AvgIpc) is 2.65. The number of fused-ring (bicyclic) bond motifs is 1. The summed E-state index contributed by atoms with van der Waals surface area (Å²) in [5, 5.41) is 3.96. The molecule has 0 unspecified atom stereocenters. The van der Waals surface area contributed by atoms with Gasteiger partial charge in [-0.05, 0) is 43.9 Å². The minimum Gasteiger partial charge on any atom is -0.399 e. The molecule has 0 radical (unpaired) electrons. The molecule has 0 aromatic heterocycles. The maximum absolute atomic E-state index is 6.35. The molecule has 4 heteroatoms. The first-order chi connectivity index (χ1) is 10.2. The summed E-state index contributed by atoms with van der Waals surface area (Å²) in [5.41, 5.74) is 0.646. The van der Waals surface area contributed by atoms with E-state index in [2.05, 4.69) is 77.2 Å². The van der Waals surface area contributed by atoms with Crippen molar-refractivity contribution in [2.45, 2.75) is 52.0 Å². The Balaban J connectivity index is 2.19.